The molecule has 2 aromatic carbocycles. The third kappa shape index (κ3) is 1.77. The predicted octanol–water partition coefficient (Wildman–Crippen LogP) is 3.03. The molecule has 0 radical (unpaired) electrons. The SMILES string of the molecule is COc1cccc2c1CNC2c1ccc(F)cc1. The molecule has 0 aliphatic carbocycles. The van der Waals surface area contributed by atoms with Gasteiger partial charge in [0.15, 0.2) is 0 Å². The molecule has 3 heteroatoms. The second-order valence-electron chi connectivity index (χ2n) is 4.39. The van der Waals surface area contributed by atoms with Crippen LogP contribution in [0.15, 0.2) is 42.5 Å². The summed E-state index contributed by atoms with van der Waals surface area (Å²) >= 11 is 0. The molecule has 3 rings (SSSR count). The van der Waals surface area contributed by atoms with Crippen LogP contribution >= 0.6 is 0 Å². The highest BCUT2D eigenvalue weighted by atomic mass is 19.1. The first-order valence-corrected chi connectivity index (χ1v) is 5.94. The van der Waals surface area contributed by atoms with Crippen molar-refractivity contribution in [1.29, 1.82) is 0 Å². The number of rotatable bonds is 2. The predicted molar refractivity (Wildman–Crippen MR) is 68.1 cm³/mol. The number of nitrogens with one attached hydrogen (secondary N) is 1. The molecule has 1 unspecified atom stereocenters. The molecule has 92 valence electrons. The molecule has 1 N–H and O–H groups in total. The number of hydrogen-bond acceptors (Lipinski definition) is 2. The molecular formula is C15H14FNO. The fraction of sp³-hybridized carbons (Fsp3) is 0.200. The Morgan fingerprint density at radius 2 is 1.94 bits per heavy atom. The van der Waals surface area contributed by atoms with Gasteiger partial charge in [0.2, 0.25) is 0 Å². The smallest absolute Gasteiger partial charge is 0.123 e. The first kappa shape index (κ1) is 11.2. The molecule has 1 atom stereocenters. The summed E-state index contributed by atoms with van der Waals surface area (Å²) in [6.45, 7) is 0.779. The number of fused-ring (bicyclic) bond motifs is 1. The van der Waals surface area contributed by atoms with Gasteiger partial charge in [-0.3, -0.25) is 0 Å². The molecule has 2 nitrogen and oxygen atoms in total. The molecule has 0 saturated heterocycles. The maximum absolute atomic E-state index is 12.9. The Morgan fingerprint density at radius 3 is 2.67 bits per heavy atom. The highest BCUT2D eigenvalue weighted by molar-refractivity contribution is 5.48. The van der Waals surface area contributed by atoms with E-state index in [0.29, 0.717) is 0 Å². The molecule has 0 bridgehead atoms. The van der Waals surface area contributed by atoms with Gasteiger partial charge in [-0.15, -0.1) is 0 Å². The number of hydrogen-bond donors (Lipinski definition) is 1. The first-order chi connectivity index (χ1) is 8.79. The molecule has 18 heavy (non-hydrogen) atoms. The van der Waals surface area contributed by atoms with Gasteiger partial charge in [-0.25, -0.2) is 4.39 Å². The second-order valence-corrected chi connectivity index (χ2v) is 4.39. The van der Waals surface area contributed by atoms with E-state index in [1.165, 1.54) is 23.3 Å². The van der Waals surface area contributed by atoms with Crippen LogP contribution in [-0.4, -0.2) is 7.11 Å². The monoisotopic (exact) mass is 243 g/mol. The van der Waals surface area contributed by atoms with Crippen LogP contribution < -0.4 is 10.1 Å². The topological polar surface area (TPSA) is 21.3 Å². The lowest BCUT2D eigenvalue weighted by Gasteiger charge is -2.13. The summed E-state index contributed by atoms with van der Waals surface area (Å²) in [4.78, 5) is 0. The lowest BCUT2D eigenvalue weighted by Crippen LogP contribution is -2.13. The summed E-state index contributed by atoms with van der Waals surface area (Å²) in [5, 5.41) is 3.43. The van der Waals surface area contributed by atoms with Gasteiger partial charge in [-0.05, 0) is 29.3 Å². The van der Waals surface area contributed by atoms with Gasteiger partial charge in [0.1, 0.15) is 11.6 Å². The second kappa shape index (κ2) is 4.42. The van der Waals surface area contributed by atoms with E-state index in [2.05, 4.69) is 11.4 Å². The average Bonchev–Trinajstić information content (AvgIpc) is 2.83. The molecule has 0 aromatic heterocycles. The minimum atomic E-state index is -0.206. The van der Waals surface area contributed by atoms with Crippen LogP contribution in [0.2, 0.25) is 0 Å². The molecule has 1 aliphatic rings. The molecular weight excluding hydrogens is 229 g/mol. The number of benzene rings is 2. The zero-order chi connectivity index (χ0) is 12.5. The lowest BCUT2D eigenvalue weighted by molar-refractivity contribution is 0.410. The maximum Gasteiger partial charge on any atom is 0.123 e. The summed E-state index contributed by atoms with van der Waals surface area (Å²) < 4.78 is 18.3. The van der Waals surface area contributed by atoms with Crippen molar-refractivity contribution >= 4 is 0 Å². The largest absolute Gasteiger partial charge is 0.496 e. The van der Waals surface area contributed by atoms with Crippen molar-refractivity contribution in [3.05, 3.63) is 65.0 Å². The first-order valence-electron chi connectivity index (χ1n) is 5.94. The zero-order valence-corrected chi connectivity index (χ0v) is 10.1. The Morgan fingerprint density at radius 1 is 1.17 bits per heavy atom. The lowest BCUT2D eigenvalue weighted by atomic mass is 9.98. The fourth-order valence-corrected chi connectivity index (χ4v) is 2.50. The third-order valence-corrected chi connectivity index (χ3v) is 3.39. The standard InChI is InChI=1S/C15H14FNO/c1-18-14-4-2-3-12-13(14)9-17-15(12)10-5-7-11(16)8-6-10/h2-8,15,17H,9H2,1H3. The minimum absolute atomic E-state index is 0.121. The van der Waals surface area contributed by atoms with Crippen LogP contribution in [0.3, 0.4) is 0 Å². The molecule has 2 aromatic rings. The van der Waals surface area contributed by atoms with Crippen LogP contribution in [0.5, 0.6) is 5.75 Å². The van der Waals surface area contributed by atoms with Gasteiger partial charge in [0, 0.05) is 12.1 Å². The highest BCUT2D eigenvalue weighted by Gasteiger charge is 2.25. The number of ether oxygens (including phenoxy) is 1. The van der Waals surface area contributed by atoms with Crippen molar-refractivity contribution in [3.63, 3.8) is 0 Å². The molecule has 1 heterocycles. The van der Waals surface area contributed by atoms with Gasteiger partial charge >= 0.3 is 0 Å². The Balaban J connectivity index is 2.02. The zero-order valence-electron chi connectivity index (χ0n) is 10.1. The van der Waals surface area contributed by atoms with Crippen molar-refractivity contribution in [2.75, 3.05) is 7.11 Å². The number of methoxy groups -OCH3 is 1. The van der Waals surface area contributed by atoms with Crippen LogP contribution in [-0.2, 0) is 6.54 Å². The molecule has 0 amide bonds. The van der Waals surface area contributed by atoms with Crippen LogP contribution in [0.25, 0.3) is 0 Å². The Hall–Kier alpha value is -1.87. The van der Waals surface area contributed by atoms with Crippen molar-refractivity contribution in [2.45, 2.75) is 12.6 Å². The summed E-state index contributed by atoms with van der Waals surface area (Å²) in [6.07, 6.45) is 0. The van der Waals surface area contributed by atoms with Crippen LogP contribution in [0.1, 0.15) is 22.7 Å². The highest BCUT2D eigenvalue weighted by Crippen LogP contribution is 2.35. The van der Waals surface area contributed by atoms with Crippen LogP contribution in [0, 0.1) is 5.82 Å². The molecule has 0 spiro atoms. The summed E-state index contributed by atoms with van der Waals surface area (Å²) in [5.74, 6) is 0.701. The van der Waals surface area contributed by atoms with E-state index >= 15 is 0 Å². The fourth-order valence-electron chi connectivity index (χ4n) is 2.50. The summed E-state index contributed by atoms with van der Waals surface area (Å²) in [6, 6.07) is 12.8. The van der Waals surface area contributed by atoms with E-state index in [4.69, 9.17) is 4.74 Å². The van der Waals surface area contributed by atoms with Crippen molar-refractivity contribution in [1.82, 2.24) is 5.32 Å². The Bertz CT molecular complexity index is 565. The Kier molecular flexibility index (Phi) is 2.76. The van der Waals surface area contributed by atoms with E-state index < -0.39 is 0 Å². The molecule has 0 fully saturated rings. The average molecular weight is 243 g/mol. The van der Waals surface area contributed by atoms with E-state index in [1.54, 1.807) is 7.11 Å². The van der Waals surface area contributed by atoms with Crippen LogP contribution in [0.4, 0.5) is 4.39 Å². The maximum atomic E-state index is 12.9. The normalized spacial score (nSPS) is 17.6. The summed E-state index contributed by atoms with van der Waals surface area (Å²) in [5.41, 5.74) is 3.47. The van der Waals surface area contributed by atoms with Crippen molar-refractivity contribution in [3.8, 4) is 5.75 Å². The summed E-state index contributed by atoms with van der Waals surface area (Å²) in [7, 11) is 1.68. The van der Waals surface area contributed by atoms with E-state index in [1.807, 2.05) is 24.3 Å². The van der Waals surface area contributed by atoms with Gasteiger partial charge < -0.3 is 10.1 Å². The van der Waals surface area contributed by atoms with Gasteiger partial charge in [-0.2, -0.15) is 0 Å². The minimum Gasteiger partial charge on any atom is -0.496 e. The van der Waals surface area contributed by atoms with Crippen molar-refractivity contribution < 1.29 is 9.13 Å². The van der Waals surface area contributed by atoms with Crippen molar-refractivity contribution in [2.24, 2.45) is 0 Å². The van der Waals surface area contributed by atoms with Gasteiger partial charge in [-0.1, -0.05) is 24.3 Å². The Labute approximate surface area is 105 Å². The molecule has 0 saturated carbocycles. The van der Waals surface area contributed by atoms with E-state index in [0.717, 1.165) is 17.9 Å². The number of halogens is 1. The van der Waals surface area contributed by atoms with E-state index in [-0.39, 0.29) is 11.9 Å². The van der Waals surface area contributed by atoms with Gasteiger partial charge in [0.25, 0.3) is 0 Å². The van der Waals surface area contributed by atoms with Gasteiger partial charge in [0.05, 0.1) is 13.2 Å². The third-order valence-electron chi connectivity index (χ3n) is 3.39. The molecule has 1 aliphatic heterocycles. The van der Waals surface area contributed by atoms with E-state index in [9.17, 15) is 4.39 Å². The quantitative estimate of drug-likeness (QED) is 0.875.